The van der Waals surface area contributed by atoms with Crippen molar-refractivity contribution >= 4 is 5.84 Å². The third-order valence-electron chi connectivity index (χ3n) is 13.9. The van der Waals surface area contributed by atoms with Gasteiger partial charge in [0.15, 0.2) is 11.6 Å². The number of methoxy groups -OCH3 is 3. The maximum Gasteiger partial charge on any atom is 0.213 e. The van der Waals surface area contributed by atoms with E-state index in [-0.39, 0.29) is 41.0 Å². The number of benzene rings is 8. The van der Waals surface area contributed by atoms with Crippen LogP contribution in [0.1, 0.15) is 96.5 Å². The normalized spacial score (nSPS) is 12.2. The van der Waals surface area contributed by atoms with Crippen LogP contribution in [0.5, 0.6) is 28.7 Å². The van der Waals surface area contributed by atoms with Gasteiger partial charge in [-0.3, -0.25) is 0 Å². The van der Waals surface area contributed by atoms with Crippen molar-refractivity contribution in [2.75, 3.05) is 21.3 Å². The summed E-state index contributed by atoms with van der Waals surface area (Å²) in [5, 5.41) is 48.3. The Morgan fingerprint density at radius 1 is 0.470 bits per heavy atom. The van der Waals surface area contributed by atoms with E-state index in [1.807, 2.05) is 104 Å². The molecule has 0 spiro atoms. The van der Waals surface area contributed by atoms with Gasteiger partial charge in [0.05, 0.1) is 45.2 Å². The van der Waals surface area contributed by atoms with Crippen molar-refractivity contribution in [3.63, 3.8) is 0 Å². The van der Waals surface area contributed by atoms with Crippen molar-refractivity contribution in [2.45, 2.75) is 70.1 Å². The van der Waals surface area contributed by atoms with E-state index in [0.717, 1.165) is 63.5 Å². The van der Waals surface area contributed by atoms with E-state index in [1.54, 1.807) is 45.6 Å². The zero-order chi connectivity index (χ0) is 58.9. The highest BCUT2D eigenvalue weighted by molar-refractivity contribution is 5.87. The van der Waals surface area contributed by atoms with E-state index in [9.17, 15) is 15.5 Å². The Morgan fingerprint density at radius 3 is 1.14 bits per heavy atom. The molecule has 0 fully saturated rings. The second kappa shape index (κ2) is 31.0. The van der Waals surface area contributed by atoms with Crippen LogP contribution in [0.15, 0.2) is 221 Å². The van der Waals surface area contributed by atoms with Crippen molar-refractivity contribution in [3.8, 4) is 34.8 Å². The first-order valence-corrected chi connectivity index (χ1v) is 26.9. The molecule has 0 bridgehead atoms. The molecule has 0 saturated carbocycles. The molecule has 5 N–H and O–H groups in total. The number of oxime groups is 1. The van der Waals surface area contributed by atoms with Crippen LogP contribution in [-0.2, 0) is 25.7 Å². The summed E-state index contributed by atoms with van der Waals surface area (Å²) in [6, 6.07) is 64.9. The first-order valence-electron chi connectivity index (χ1n) is 26.9. The van der Waals surface area contributed by atoms with Crippen LogP contribution >= 0.6 is 0 Å². The number of aryl methyl sites for hydroxylation is 3. The Labute approximate surface area is 484 Å². The lowest BCUT2D eigenvalue weighted by Crippen LogP contribution is -2.23. The molecule has 8 aromatic carbocycles. The number of phenolic OH excluding ortho intramolecular Hbond substituents is 2. The third kappa shape index (κ3) is 18.4. The van der Waals surface area contributed by atoms with Crippen molar-refractivity contribution in [1.29, 1.82) is 5.26 Å². The number of aromatic hydroxyl groups is 2. The third-order valence-corrected chi connectivity index (χ3v) is 13.9. The first kappa shape index (κ1) is 60.4. The molecule has 4 atom stereocenters. The second-order valence-electron chi connectivity index (χ2n) is 19.8. The molecular weight excluding hydrogens is 1040 g/mol. The second-order valence-corrected chi connectivity index (χ2v) is 19.8. The monoisotopic (exact) mass is 1110 g/mol. The summed E-state index contributed by atoms with van der Waals surface area (Å²) < 4.78 is 25.3. The molecule has 10 rings (SSSR count). The fraction of sp³-hybridized carbons (Fsp3) is 0.206. The van der Waals surface area contributed by atoms with Gasteiger partial charge in [-0.1, -0.05) is 166 Å². The molecule has 83 heavy (non-hydrogen) atoms. The standard InChI is InChI=1S/C18H18N2O2.C17H20N2O2.C17H17NO.C16H14N2O3/c1-13-3-5-14(6-4-13)11-17(18-19-12-22-20-18)15-7-9-16(21-2)10-8-15;1-12-3-5-13(6-4-12)11-16(17(18)19-20)14-7-9-15(21-2)10-8-14;1-13-3-5-14(6-4-13)11-16(12-18)15-7-9-17(19-2)10-8-15;19-13-5-1-11(2-6-13)9-15(16-17-10-21-18-16)12-3-7-14(20)8-4-12/h3-10,12,17H,11H2,1-2H3;3-10,16,20H,11H2,1-2H3,(H2,18,19);3-10,16H,11H2,1-2H3;1-8,10,15,19-20H,9H2. The molecule has 0 aliphatic carbocycles. The molecule has 10 aromatic rings. The fourth-order valence-corrected chi connectivity index (χ4v) is 9.04. The predicted molar refractivity (Wildman–Crippen MR) is 320 cm³/mol. The largest absolute Gasteiger partial charge is 0.508 e. The van der Waals surface area contributed by atoms with Crippen LogP contribution in [0.3, 0.4) is 0 Å². The van der Waals surface area contributed by atoms with Gasteiger partial charge < -0.3 is 44.4 Å². The minimum absolute atomic E-state index is 0.0624. The number of nitrogens with two attached hydrogens (primary N) is 1. The van der Waals surface area contributed by atoms with Gasteiger partial charge in [0.1, 0.15) is 34.6 Å². The van der Waals surface area contributed by atoms with Crippen LogP contribution in [0.25, 0.3) is 0 Å². The molecule has 2 heterocycles. The number of ether oxygens (including phenoxy) is 3. The number of nitrogens with zero attached hydrogens (tertiary/aromatic N) is 6. The zero-order valence-corrected chi connectivity index (χ0v) is 47.4. The zero-order valence-electron chi connectivity index (χ0n) is 47.4. The van der Waals surface area contributed by atoms with E-state index in [2.05, 4.69) is 118 Å². The smallest absolute Gasteiger partial charge is 0.213 e. The Morgan fingerprint density at radius 2 is 0.795 bits per heavy atom. The predicted octanol–water partition coefficient (Wildman–Crippen LogP) is 13.5. The van der Waals surface area contributed by atoms with Crippen LogP contribution in [0.2, 0.25) is 0 Å². The van der Waals surface area contributed by atoms with Gasteiger partial charge in [-0.15, -0.1) is 0 Å². The lowest BCUT2D eigenvalue weighted by molar-refractivity contribution is 0.316. The molecule has 0 amide bonds. The molecule has 0 radical (unpaired) electrons. The average molecular weight is 1110 g/mol. The summed E-state index contributed by atoms with van der Waals surface area (Å²) in [7, 11) is 4.93. The number of aromatic nitrogens is 4. The minimum Gasteiger partial charge on any atom is -0.508 e. The van der Waals surface area contributed by atoms with E-state index in [1.165, 1.54) is 40.6 Å². The van der Waals surface area contributed by atoms with Gasteiger partial charge in [0.2, 0.25) is 12.8 Å². The summed E-state index contributed by atoms with van der Waals surface area (Å²) in [5.74, 6) is 4.10. The van der Waals surface area contributed by atoms with Crippen molar-refractivity contribution in [1.82, 2.24) is 20.3 Å². The lowest BCUT2D eigenvalue weighted by Gasteiger charge is -2.16. The molecule has 15 heteroatoms. The van der Waals surface area contributed by atoms with Gasteiger partial charge in [0.25, 0.3) is 0 Å². The SMILES string of the molecule is COc1ccc(C(C#N)Cc2ccc(C)cc2)cc1.COc1ccc(C(Cc2ccc(C)cc2)C(N)=NO)cc1.COc1ccc(C(Cc2ccc(C)cc2)c2ncon2)cc1.Oc1ccc(CC(c2ccc(O)cc2)c2ncon2)cc1. The summed E-state index contributed by atoms with van der Waals surface area (Å²) in [6.07, 6.45) is 5.60. The van der Waals surface area contributed by atoms with Crippen LogP contribution < -0.4 is 19.9 Å². The Kier molecular flexibility index (Phi) is 22.6. The van der Waals surface area contributed by atoms with E-state index < -0.39 is 0 Å². The van der Waals surface area contributed by atoms with Crippen molar-refractivity contribution in [3.05, 3.63) is 280 Å². The first-order chi connectivity index (χ1) is 40.3. The maximum atomic E-state index is 9.41. The van der Waals surface area contributed by atoms with Gasteiger partial charge in [-0.2, -0.15) is 15.2 Å². The molecule has 0 saturated heterocycles. The van der Waals surface area contributed by atoms with E-state index in [4.69, 9.17) is 34.2 Å². The molecule has 0 aliphatic rings. The van der Waals surface area contributed by atoms with Gasteiger partial charge in [-0.25, -0.2) is 0 Å². The summed E-state index contributed by atoms with van der Waals surface area (Å²) in [4.78, 5) is 8.38. The highest BCUT2D eigenvalue weighted by Gasteiger charge is 2.22. The fourth-order valence-electron chi connectivity index (χ4n) is 9.04. The van der Waals surface area contributed by atoms with E-state index >= 15 is 0 Å². The summed E-state index contributed by atoms with van der Waals surface area (Å²) in [5.41, 5.74) is 18.4. The molecular formula is C68H69N7O8. The summed E-state index contributed by atoms with van der Waals surface area (Å²) >= 11 is 0. The molecule has 0 aliphatic heterocycles. The van der Waals surface area contributed by atoms with Crippen molar-refractivity contribution < 1.29 is 38.7 Å². The van der Waals surface area contributed by atoms with Crippen LogP contribution in [0, 0.1) is 32.1 Å². The number of hydrogen-bond acceptors (Lipinski definition) is 14. The minimum atomic E-state index is -0.163. The number of hydrogen-bond donors (Lipinski definition) is 4. The van der Waals surface area contributed by atoms with Gasteiger partial charge >= 0.3 is 0 Å². The van der Waals surface area contributed by atoms with Crippen LogP contribution in [-0.4, -0.2) is 62.9 Å². The van der Waals surface area contributed by atoms with E-state index in [0.29, 0.717) is 24.5 Å². The molecule has 424 valence electrons. The van der Waals surface area contributed by atoms with Crippen LogP contribution in [0.4, 0.5) is 0 Å². The average Bonchev–Trinajstić information content (AvgIpc) is 4.41. The maximum absolute atomic E-state index is 9.41. The molecule has 4 unspecified atom stereocenters. The molecule has 15 nitrogen and oxygen atoms in total. The highest BCUT2D eigenvalue weighted by atomic mass is 16.5. The Bertz CT molecular complexity index is 3520. The topological polar surface area (TPSA) is 228 Å². The lowest BCUT2D eigenvalue weighted by atomic mass is 9.90. The number of rotatable bonds is 18. The number of amidine groups is 1. The van der Waals surface area contributed by atoms with Gasteiger partial charge in [-0.05, 0) is 152 Å². The number of nitriles is 1. The Balaban J connectivity index is 0.000000159. The summed E-state index contributed by atoms with van der Waals surface area (Å²) in [6.45, 7) is 6.20. The van der Waals surface area contributed by atoms with Crippen molar-refractivity contribution in [2.24, 2.45) is 10.9 Å². The number of phenols is 2. The Hall–Kier alpha value is -10.2. The quantitative estimate of drug-likeness (QED) is 0.0271. The molecule has 2 aromatic heterocycles. The highest BCUT2D eigenvalue weighted by Crippen LogP contribution is 2.31. The van der Waals surface area contributed by atoms with Gasteiger partial charge in [0, 0.05) is 5.92 Å².